The average Bonchev–Trinajstić information content (AvgIpc) is 2.81. The Hall–Kier alpha value is -2.00. The van der Waals surface area contributed by atoms with Gasteiger partial charge in [-0.25, -0.2) is 5.26 Å². The molecule has 33 heavy (non-hydrogen) atoms. The molecule has 1 saturated carbocycles. The highest BCUT2D eigenvalue weighted by atomic mass is 35.5. The zero-order valence-corrected chi connectivity index (χ0v) is 20.7. The third-order valence-electron chi connectivity index (χ3n) is 7.95. The summed E-state index contributed by atoms with van der Waals surface area (Å²) in [5.41, 5.74) is 1.54. The van der Waals surface area contributed by atoms with Crippen LogP contribution < -0.4 is 4.74 Å². The molecule has 4 nitrogen and oxygen atoms in total. The highest BCUT2D eigenvalue weighted by Gasteiger charge is 2.60. The minimum Gasteiger partial charge on any atom is -0.497 e. The molecule has 4 rings (SSSR count). The Morgan fingerprint density at radius 2 is 1.91 bits per heavy atom. The Morgan fingerprint density at radius 3 is 2.52 bits per heavy atom. The second-order valence-corrected chi connectivity index (χ2v) is 10.3. The topological polar surface area (TPSA) is 59.3 Å². The number of nitrogens with zero attached hydrogens (tertiary/aromatic N) is 1. The molecule has 1 aliphatic carbocycles. The van der Waals surface area contributed by atoms with Crippen LogP contribution in [0.15, 0.2) is 42.5 Å². The molecular weight excluding hydrogens is 456 g/mol. The van der Waals surface area contributed by atoms with Gasteiger partial charge in [-0.15, -0.1) is 0 Å². The molecule has 0 spiro atoms. The van der Waals surface area contributed by atoms with Crippen LogP contribution in [0.2, 0.25) is 22.2 Å². The van der Waals surface area contributed by atoms with Crippen molar-refractivity contribution in [1.82, 2.24) is 0 Å². The van der Waals surface area contributed by atoms with E-state index < -0.39 is 5.41 Å². The highest BCUT2D eigenvalue weighted by molar-refractivity contribution is 6.72. The van der Waals surface area contributed by atoms with Crippen LogP contribution >= 0.6 is 23.2 Å². The van der Waals surface area contributed by atoms with Crippen molar-refractivity contribution in [3.8, 4) is 11.7 Å². The van der Waals surface area contributed by atoms with E-state index in [4.69, 9.17) is 32.7 Å². The van der Waals surface area contributed by atoms with Gasteiger partial charge in [-0.05, 0) is 71.8 Å². The molecule has 1 saturated heterocycles. The Labute approximate surface area is 206 Å². The minimum absolute atomic E-state index is 0.00726. The van der Waals surface area contributed by atoms with E-state index in [0.29, 0.717) is 35.1 Å². The number of halogens is 2. The van der Waals surface area contributed by atoms with Crippen molar-refractivity contribution in [2.24, 2.45) is 11.3 Å². The van der Waals surface area contributed by atoms with Crippen LogP contribution in [0.1, 0.15) is 42.7 Å². The third-order valence-corrected chi connectivity index (χ3v) is 8.53. The molecule has 5 atom stereocenters. The van der Waals surface area contributed by atoms with E-state index in [1.807, 2.05) is 42.5 Å². The summed E-state index contributed by atoms with van der Waals surface area (Å²) in [4.78, 5) is 13.6. The monoisotopic (exact) mass is 483 g/mol. The van der Waals surface area contributed by atoms with Crippen molar-refractivity contribution in [3.63, 3.8) is 0 Å². The van der Waals surface area contributed by atoms with Gasteiger partial charge in [0.1, 0.15) is 11.5 Å². The lowest BCUT2D eigenvalue weighted by Gasteiger charge is -2.56. The van der Waals surface area contributed by atoms with Gasteiger partial charge in [-0.3, -0.25) is 4.79 Å². The van der Waals surface area contributed by atoms with Crippen LogP contribution in [-0.2, 0) is 9.53 Å². The van der Waals surface area contributed by atoms with Crippen molar-refractivity contribution < 1.29 is 14.3 Å². The van der Waals surface area contributed by atoms with Crippen LogP contribution in [-0.4, -0.2) is 33.3 Å². The SMILES string of the molecule is COCC12CCC(c3ccc(OC)cc3Cl)C(c3ccc(Cl)cc3)C1C(C)B(C#N)CC2=O. The molecule has 0 aromatic heterocycles. The lowest BCUT2D eigenvalue weighted by molar-refractivity contribution is -0.140. The first-order valence-electron chi connectivity index (χ1n) is 11.4. The quantitative estimate of drug-likeness (QED) is 0.459. The number of ether oxygens (including phenoxy) is 2. The van der Waals surface area contributed by atoms with Crippen LogP contribution in [0.5, 0.6) is 5.75 Å². The normalized spacial score (nSPS) is 29.3. The summed E-state index contributed by atoms with van der Waals surface area (Å²) in [5, 5.41) is 11.2. The van der Waals surface area contributed by atoms with Crippen LogP contribution in [0, 0.1) is 22.6 Å². The Balaban J connectivity index is 1.90. The number of carbonyl (C=O) groups is 1. The van der Waals surface area contributed by atoms with Crippen molar-refractivity contribution in [2.45, 2.75) is 43.7 Å². The number of ketones is 1. The smallest absolute Gasteiger partial charge is 0.278 e. The first-order valence-corrected chi connectivity index (χ1v) is 12.1. The molecule has 7 heteroatoms. The fraction of sp³-hybridized carbons (Fsp3) is 0.462. The third kappa shape index (κ3) is 4.18. The molecule has 172 valence electrons. The van der Waals surface area contributed by atoms with Gasteiger partial charge in [-0.1, -0.05) is 48.3 Å². The molecule has 0 bridgehead atoms. The fourth-order valence-electron chi connectivity index (χ4n) is 6.43. The molecule has 0 N–H and O–H groups in total. The Kier molecular flexibility index (Phi) is 7.10. The zero-order valence-electron chi connectivity index (χ0n) is 19.2. The van der Waals surface area contributed by atoms with Crippen molar-refractivity contribution in [3.05, 3.63) is 63.6 Å². The van der Waals surface area contributed by atoms with Gasteiger partial charge in [-0.2, -0.15) is 0 Å². The maximum Gasteiger partial charge on any atom is 0.278 e. The summed E-state index contributed by atoms with van der Waals surface area (Å²) in [5.74, 6) is 3.33. The molecule has 0 amide bonds. The summed E-state index contributed by atoms with van der Waals surface area (Å²) in [6, 6.07) is 13.7. The van der Waals surface area contributed by atoms with Gasteiger partial charge in [0.2, 0.25) is 0 Å². The summed E-state index contributed by atoms with van der Waals surface area (Å²) < 4.78 is 11.0. The number of carbonyl (C=O) groups excluding carboxylic acids is 1. The van der Waals surface area contributed by atoms with Gasteiger partial charge in [0, 0.05) is 29.4 Å². The zero-order chi connectivity index (χ0) is 23.8. The maximum absolute atomic E-state index is 13.6. The number of fused-ring (bicyclic) bond motifs is 1. The van der Waals surface area contributed by atoms with E-state index in [-0.39, 0.29) is 36.1 Å². The van der Waals surface area contributed by atoms with Gasteiger partial charge in [0.25, 0.3) is 6.71 Å². The molecular formula is C26H28BCl2NO3. The Bertz CT molecular complexity index is 1070. The van der Waals surface area contributed by atoms with Gasteiger partial charge >= 0.3 is 0 Å². The predicted octanol–water partition coefficient (Wildman–Crippen LogP) is 6.44. The van der Waals surface area contributed by atoms with Gasteiger partial charge in [0.15, 0.2) is 0 Å². The molecule has 2 aliphatic rings. The largest absolute Gasteiger partial charge is 0.497 e. The molecule has 2 aromatic rings. The van der Waals surface area contributed by atoms with Gasteiger partial charge in [0.05, 0.1) is 19.1 Å². The molecule has 1 heterocycles. The lowest BCUT2D eigenvalue weighted by atomic mass is 9.28. The second kappa shape index (κ2) is 9.70. The van der Waals surface area contributed by atoms with Crippen LogP contribution in [0.4, 0.5) is 0 Å². The highest BCUT2D eigenvalue weighted by Crippen LogP contribution is 2.62. The van der Waals surface area contributed by atoms with Gasteiger partial charge < -0.3 is 9.47 Å². The number of benzene rings is 2. The minimum atomic E-state index is -0.610. The van der Waals surface area contributed by atoms with Crippen LogP contribution in [0.3, 0.4) is 0 Å². The van der Waals surface area contributed by atoms with E-state index in [1.54, 1.807) is 14.2 Å². The number of hydrogen-bond donors (Lipinski definition) is 0. The number of rotatable bonds is 5. The summed E-state index contributed by atoms with van der Waals surface area (Å²) in [7, 11) is 3.28. The lowest BCUT2D eigenvalue weighted by Crippen LogP contribution is -2.57. The molecule has 1 aliphatic heterocycles. The molecule has 0 radical (unpaired) electrons. The van der Waals surface area contributed by atoms with E-state index >= 15 is 0 Å². The van der Waals surface area contributed by atoms with E-state index in [2.05, 4.69) is 12.9 Å². The molecule has 2 aromatic carbocycles. The number of nitriles is 1. The standard InChI is InChI=1S/C26H28BCl2NO3/c1-16-25-24(17-4-6-18(28)7-5-17)21(20-9-8-19(33-3)12-22(20)29)10-11-26(25,14-32-2)23(31)13-27(16)15-30/h4-9,12,16,21,24-25H,10-11,13-14H2,1-3H3. The summed E-state index contributed by atoms with van der Waals surface area (Å²) >= 11 is 13.0. The summed E-state index contributed by atoms with van der Waals surface area (Å²) in [6.07, 6.45) is 1.80. The second-order valence-electron chi connectivity index (χ2n) is 9.45. The first-order chi connectivity index (χ1) is 15.9. The molecule has 5 unspecified atom stereocenters. The summed E-state index contributed by atoms with van der Waals surface area (Å²) in [6.45, 7) is 2.18. The Morgan fingerprint density at radius 1 is 1.18 bits per heavy atom. The van der Waals surface area contributed by atoms with Crippen molar-refractivity contribution in [1.29, 1.82) is 5.26 Å². The van der Waals surface area contributed by atoms with Crippen LogP contribution in [0.25, 0.3) is 0 Å². The van der Waals surface area contributed by atoms with E-state index in [1.165, 1.54) is 0 Å². The first kappa shape index (κ1) is 24.1. The molecule has 2 fully saturated rings. The average molecular weight is 484 g/mol. The van der Waals surface area contributed by atoms with Crippen molar-refractivity contribution in [2.75, 3.05) is 20.8 Å². The fourth-order valence-corrected chi connectivity index (χ4v) is 6.86. The number of hydrogen-bond acceptors (Lipinski definition) is 4. The maximum atomic E-state index is 13.6. The predicted molar refractivity (Wildman–Crippen MR) is 133 cm³/mol. The van der Waals surface area contributed by atoms with E-state index in [0.717, 1.165) is 17.5 Å². The number of methoxy groups -OCH3 is 2. The van der Waals surface area contributed by atoms with Crippen molar-refractivity contribution >= 4 is 35.7 Å². The number of Topliss-reactive ketones (excluding diaryl/α,β-unsaturated/α-hetero) is 1. The van der Waals surface area contributed by atoms with E-state index in [9.17, 15) is 10.1 Å².